The van der Waals surface area contributed by atoms with Gasteiger partial charge in [0.05, 0.1) is 0 Å². The van der Waals surface area contributed by atoms with Crippen LogP contribution in [0.4, 0.5) is 0 Å². The second-order valence-electron chi connectivity index (χ2n) is 6.55. The largest absolute Gasteiger partial charge is 0.353 e. The van der Waals surface area contributed by atoms with Gasteiger partial charge in [0, 0.05) is 32.0 Å². The molecular formula is C17H30N2O2. The van der Waals surface area contributed by atoms with E-state index in [0.717, 1.165) is 38.8 Å². The molecule has 21 heavy (non-hydrogen) atoms. The summed E-state index contributed by atoms with van der Waals surface area (Å²) < 4.78 is 0. The van der Waals surface area contributed by atoms with E-state index in [1.165, 1.54) is 38.5 Å². The van der Waals surface area contributed by atoms with Gasteiger partial charge in [-0.15, -0.1) is 0 Å². The number of hydrogen-bond donors (Lipinski definition) is 1. The Balaban J connectivity index is 1.67. The summed E-state index contributed by atoms with van der Waals surface area (Å²) >= 11 is 0. The smallest absolute Gasteiger partial charge is 0.223 e. The highest BCUT2D eigenvalue weighted by Crippen LogP contribution is 2.18. The molecule has 2 amide bonds. The predicted octanol–water partition coefficient (Wildman–Crippen LogP) is 3.01. The molecule has 0 spiro atoms. The van der Waals surface area contributed by atoms with Crippen molar-refractivity contribution >= 4 is 11.8 Å². The SMILES string of the molecule is O=C(CCC(=O)N1CCCCCCCC1)NC1CCCC1. The first kappa shape index (κ1) is 16.3. The third-order valence-electron chi connectivity index (χ3n) is 4.74. The highest BCUT2D eigenvalue weighted by molar-refractivity contribution is 5.83. The van der Waals surface area contributed by atoms with Crippen molar-refractivity contribution in [1.82, 2.24) is 10.2 Å². The number of hydrogen-bond acceptors (Lipinski definition) is 2. The zero-order valence-electron chi connectivity index (χ0n) is 13.2. The number of amides is 2. The molecule has 0 radical (unpaired) electrons. The highest BCUT2D eigenvalue weighted by Gasteiger charge is 2.19. The molecule has 0 atom stereocenters. The first-order chi connectivity index (χ1) is 10.3. The van der Waals surface area contributed by atoms with Crippen LogP contribution in [-0.2, 0) is 9.59 Å². The summed E-state index contributed by atoms with van der Waals surface area (Å²) in [5, 5.41) is 3.06. The monoisotopic (exact) mass is 294 g/mol. The highest BCUT2D eigenvalue weighted by atomic mass is 16.2. The average Bonchev–Trinajstić information content (AvgIpc) is 3.01. The fourth-order valence-electron chi connectivity index (χ4n) is 3.42. The van der Waals surface area contributed by atoms with Crippen LogP contribution >= 0.6 is 0 Å². The standard InChI is InChI=1S/C17H30N2O2/c20-16(18-15-9-5-6-10-15)11-12-17(21)19-13-7-3-1-2-4-8-14-19/h15H,1-14H2,(H,18,20). The molecule has 1 aliphatic heterocycles. The molecule has 1 N–H and O–H groups in total. The zero-order chi connectivity index (χ0) is 14.9. The normalized spacial score (nSPS) is 21.4. The van der Waals surface area contributed by atoms with Gasteiger partial charge >= 0.3 is 0 Å². The van der Waals surface area contributed by atoms with E-state index in [0.29, 0.717) is 18.9 Å². The molecule has 0 aromatic carbocycles. The molecule has 0 unspecified atom stereocenters. The van der Waals surface area contributed by atoms with E-state index in [9.17, 15) is 9.59 Å². The van der Waals surface area contributed by atoms with E-state index in [2.05, 4.69) is 5.32 Å². The van der Waals surface area contributed by atoms with E-state index in [-0.39, 0.29) is 11.8 Å². The van der Waals surface area contributed by atoms with Gasteiger partial charge in [0.15, 0.2) is 0 Å². The van der Waals surface area contributed by atoms with Crippen LogP contribution in [0.5, 0.6) is 0 Å². The molecule has 1 heterocycles. The van der Waals surface area contributed by atoms with Crippen LogP contribution in [0.2, 0.25) is 0 Å². The van der Waals surface area contributed by atoms with Crippen LogP contribution in [0.3, 0.4) is 0 Å². The van der Waals surface area contributed by atoms with Crippen molar-refractivity contribution in [2.45, 2.75) is 83.1 Å². The fraction of sp³-hybridized carbons (Fsp3) is 0.882. The van der Waals surface area contributed by atoms with Crippen LogP contribution in [-0.4, -0.2) is 35.8 Å². The van der Waals surface area contributed by atoms with Gasteiger partial charge in [-0.05, 0) is 25.7 Å². The third kappa shape index (κ3) is 6.06. The van der Waals surface area contributed by atoms with Crippen LogP contribution in [0.1, 0.15) is 77.0 Å². The quantitative estimate of drug-likeness (QED) is 0.866. The first-order valence-corrected chi connectivity index (χ1v) is 8.83. The molecule has 2 aliphatic rings. The number of nitrogens with zero attached hydrogens (tertiary/aromatic N) is 1. The van der Waals surface area contributed by atoms with Crippen LogP contribution in [0, 0.1) is 0 Å². The van der Waals surface area contributed by atoms with Gasteiger partial charge in [-0.2, -0.15) is 0 Å². The topological polar surface area (TPSA) is 49.4 Å². The minimum atomic E-state index is 0.0551. The Hall–Kier alpha value is -1.06. The van der Waals surface area contributed by atoms with Crippen LogP contribution in [0.15, 0.2) is 0 Å². The maximum Gasteiger partial charge on any atom is 0.223 e. The van der Waals surface area contributed by atoms with Crippen molar-refractivity contribution in [1.29, 1.82) is 0 Å². The molecule has 1 saturated heterocycles. The van der Waals surface area contributed by atoms with Crippen molar-refractivity contribution in [3.8, 4) is 0 Å². The maximum absolute atomic E-state index is 12.3. The molecule has 2 fully saturated rings. The summed E-state index contributed by atoms with van der Waals surface area (Å²) in [4.78, 5) is 26.1. The second kappa shape index (κ2) is 9.06. The summed E-state index contributed by atoms with van der Waals surface area (Å²) in [6.45, 7) is 1.76. The van der Waals surface area contributed by atoms with Crippen LogP contribution in [0.25, 0.3) is 0 Å². The second-order valence-corrected chi connectivity index (χ2v) is 6.55. The molecule has 1 aliphatic carbocycles. The lowest BCUT2D eigenvalue weighted by Crippen LogP contribution is -2.36. The molecule has 120 valence electrons. The van der Waals surface area contributed by atoms with Crippen molar-refractivity contribution in [3.05, 3.63) is 0 Å². The van der Waals surface area contributed by atoms with Crippen molar-refractivity contribution in [3.63, 3.8) is 0 Å². The lowest BCUT2D eigenvalue weighted by Gasteiger charge is -2.22. The predicted molar refractivity (Wildman–Crippen MR) is 83.9 cm³/mol. The maximum atomic E-state index is 12.3. The van der Waals surface area contributed by atoms with Gasteiger partial charge in [-0.3, -0.25) is 9.59 Å². The Morgan fingerprint density at radius 1 is 0.810 bits per heavy atom. The minimum Gasteiger partial charge on any atom is -0.353 e. The first-order valence-electron chi connectivity index (χ1n) is 8.83. The summed E-state index contributed by atoms with van der Waals surface area (Å²) in [7, 11) is 0. The Bertz CT molecular complexity index is 328. The summed E-state index contributed by atoms with van der Waals surface area (Å²) in [5.41, 5.74) is 0. The fourth-order valence-corrected chi connectivity index (χ4v) is 3.42. The molecule has 4 heteroatoms. The molecule has 4 nitrogen and oxygen atoms in total. The molecular weight excluding hydrogens is 264 g/mol. The average molecular weight is 294 g/mol. The van der Waals surface area contributed by atoms with E-state index in [1.807, 2.05) is 4.90 Å². The Morgan fingerprint density at radius 2 is 1.38 bits per heavy atom. The van der Waals surface area contributed by atoms with Gasteiger partial charge in [-0.25, -0.2) is 0 Å². The molecule has 2 rings (SSSR count). The van der Waals surface area contributed by atoms with Gasteiger partial charge in [0.2, 0.25) is 11.8 Å². The van der Waals surface area contributed by atoms with Gasteiger partial charge < -0.3 is 10.2 Å². The molecule has 0 aromatic rings. The Labute approximate surface area is 128 Å². The van der Waals surface area contributed by atoms with E-state index in [4.69, 9.17) is 0 Å². The summed E-state index contributed by atoms with van der Waals surface area (Å²) in [6, 6.07) is 0.359. The Morgan fingerprint density at radius 3 is 2.00 bits per heavy atom. The number of carbonyl (C=O) groups excluding carboxylic acids is 2. The number of carbonyl (C=O) groups is 2. The van der Waals surface area contributed by atoms with Crippen molar-refractivity contribution in [2.24, 2.45) is 0 Å². The molecule has 0 aromatic heterocycles. The minimum absolute atomic E-state index is 0.0551. The lowest BCUT2D eigenvalue weighted by molar-refractivity contribution is -0.133. The lowest BCUT2D eigenvalue weighted by atomic mass is 10.1. The zero-order valence-corrected chi connectivity index (χ0v) is 13.2. The van der Waals surface area contributed by atoms with Crippen molar-refractivity contribution in [2.75, 3.05) is 13.1 Å². The third-order valence-corrected chi connectivity index (χ3v) is 4.74. The van der Waals surface area contributed by atoms with E-state index < -0.39 is 0 Å². The number of nitrogens with one attached hydrogen (secondary N) is 1. The van der Waals surface area contributed by atoms with Gasteiger partial charge in [0.25, 0.3) is 0 Å². The molecule has 1 saturated carbocycles. The summed E-state index contributed by atoms with van der Waals surface area (Å²) in [6.07, 6.45) is 12.6. The molecule has 0 bridgehead atoms. The van der Waals surface area contributed by atoms with E-state index >= 15 is 0 Å². The van der Waals surface area contributed by atoms with Gasteiger partial charge in [-0.1, -0.05) is 38.5 Å². The van der Waals surface area contributed by atoms with Crippen molar-refractivity contribution < 1.29 is 9.59 Å². The number of rotatable bonds is 4. The summed E-state index contributed by atoms with van der Waals surface area (Å²) in [5.74, 6) is 0.220. The van der Waals surface area contributed by atoms with E-state index in [1.54, 1.807) is 0 Å². The van der Waals surface area contributed by atoms with Crippen LogP contribution < -0.4 is 5.32 Å². The van der Waals surface area contributed by atoms with Gasteiger partial charge in [0.1, 0.15) is 0 Å². The Kier molecular flexibility index (Phi) is 7.04.